The van der Waals surface area contributed by atoms with E-state index < -0.39 is 18.0 Å². The van der Waals surface area contributed by atoms with Crippen LogP contribution in [0.3, 0.4) is 0 Å². The van der Waals surface area contributed by atoms with E-state index in [1.54, 1.807) is 44.4 Å². The van der Waals surface area contributed by atoms with Crippen LogP contribution in [0.2, 0.25) is 0 Å². The molecule has 0 aromatic heterocycles. The number of allylic oxidation sites excluding steroid dienone is 1. The molecule has 0 aliphatic carbocycles. The molecule has 0 spiro atoms. The molecular weight excluding hydrogens is 376 g/mol. The molecule has 2 aliphatic heterocycles. The summed E-state index contributed by atoms with van der Waals surface area (Å²) in [5.41, 5.74) is 2.29. The summed E-state index contributed by atoms with van der Waals surface area (Å²) in [6.45, 7) is 1.91. The summed E-state index contributed by atoms with van der Waals surface area (Å²) in [5, 5.41) is 5.41. The van der Waals surface area contributed by atoms with Gasteiger partial charge in [-0.15, -0.1) is 0 Å². The molecule has 8 nitrogen and oxygen atoms in total. The van der Waals surface area contributed by atoms with Crippen molar-refractivity contribution in [2.24, 2.45) is 0 Å². The van der Waals surface area contributed by atoms with E-state index in [1.807, 2.05) is 12.1 Å². The number of methoxy groups -OCH3 is 1. The predicted molar refractivity (Wildman–Crippen MR) is 102 cm³/mol. The third-order valence-electron chi connectivity index (χ3n) is 4.75. The van der Waals surface area contributed by atoms with Gasteiger partial charge in [-0.25, -0.2) is 9.59 Å². The Morgan fingerprint density at radius 3 is 2.66 bits per heavy atom. The molecular formula is C21H20N2O6. The van der Waals surface area contributed by atoms with Crippen LogP contribution in [0.1, 0.15) is 24.1 Å². The van der Waals surface area contributed by atoms with Gasteiger partial charge in [-0.1, -0.05) is 18.2 Å². The number of nitrogens with one attached hydrogen (secondary N) is 2. The maximum atomic E-state index is 12.9. The molecule has 0 saturated heterocycles. The van der Waals surface area contributed by atoms with Crippen molar-refractivity contribution >= 4 is 12.0 Å². The summed E-state index contributed by atoms with van der Waals surface area (Å²) in [6, 6.07) is 11.5. The Morgan fingerprint density at radius 2 is 1.90 bits per heavy atom. The zero-order valence-electron chi connectivity index (χ0n) is 16.0. The van der Waals surface area contributed by atoms with Gasteiger partial charge in [-0.2, -0.15) is 0 Å². The van der Waals surface area contributed by atoms with Crippen LogP contribution >= 0.6 is 0 Å². The number of carbonyl (C=O) groups excluding carboxylic acids is 2. The number of urea groups is 1. The number of ether oxygens (including phenoxy) is 4. The normalized spacial score (nSPS) is 17.4. The minimum absolute atomic E-state index is 0.0986. The second-order valence-electron chi connectivity index (χ2n) is 6.61. The molecule has 2 aromatic rings. The molecule has 0 bridgehead atoms. The lowest BCUT2D eigenvalue weighted by Gasteiger charge is -2.28. The van der Waals surface area contributed by atoms with Crippen molar-refractivity contribution in [1.82, 2.24) is 10.6 Å². The van der Waals surface area contributed by atoms with Gasteiger partial charge in [-0.05, 0) is 42.3 Å². The van der Waals surface area contributed by atoms with Crippen LogP contribution in [0.5, 0.6) is 17.2 Å². The molecule has 0 radical (unpaired) electrons. The molecule has 150 valence electrons. The van der Waals surface area contributed by atoms with Gasteiger partial charge in [0.25, 0.3) is 0 Å². The second-order valence-corrected chi connectivity index (χ2v) is 6.61. The third kappa shape index (κ3) is 3.82. The molecule has 4 rings (SSSR count). The molecule has 2 N–H and O–H groups in total. The highest BCUT2D eigenvalue weighted by molar-refractivity contribution is 5.95. The van der Waals surface area contributed by atoms with Crippen molar-refractivity contribution in [3.05, 3.63) is 64.9 Å². The van der Waals surface area contributed by atoms with E-state index in [1.165, 1.54) is 0 Å². The third-order valence-corrected chi connectivity index (χ3v) is 4.75. The molecule has 2 aliphatic rings. The fourth-order valence-electron chi connectivity index (χ4n) is 3.26. The first kappa shape index (κ1) is 18.7. The molecule has 0 fully saturated rings. The van der Waals surface area contributed by atoms with E-state index in [-0.39, 0.29) is 13.4 Å². The average Bonchev–Trinajstić information content (AvgIpc) is 3.19. The van der Waals surface area contributed by atoms with Crippen LogP contribution < -0.4 is 24.8 Å². The average molecular weight is 396 g/mol. The van der Waals surface area contributed by atoms with Crippen molar-refractivity contribution in [3.63, 3.8) is 0 Å². The molecule has 2 aromatic carbocycles. The van der Waals surface area contributed by atoms with Gasteiger partial charge in [0.2, 0.25) is 6.79 Å². The van der Waals surface area contributed by atoms with Crippen molar-refractivity contribution in [1.29, 1.82) is 0 Å². The summed E-state index contributed by atoms with van der Waals surface area (Å²) >= 11 is 0. The van der Waals surface area contributed by atoms with Crippen molar-refractivity contribution in [2.75, 3.05) is 13.9 Å². The van der Waals surface area contributed by atoms with Crippen LogP contribution in [0.15, 0.2) is 53.7 Å². The summed E-state index contributed by atoms with van der Waals surface area (Å²) in [6.07, 6.45) is 0. The molecule has 8 heteroatoms. The van der Waals surface area contributed by atoms with Crippen LogP contribution in [0.25, 0.3) is 0 Å². The van der Waals surface area contributed by atoms with Crippen molar-refractivity contribution < 1.29 is 28.5 Å². The van der Waals surface area contributed by atoms with Gasteiger partial charge in [0.05, 0.1) is 18.7 Å². The van der Waals surface area contributed by atoms with E-state index in [2.05, 4.69) is 10.6 Å². The Kier molecular flexibility index (Phi) is 4.99. The standard InChI is InChI=1S/C21H20N2O6/c1-12-18(20(24)27-10-13-3-6-15(26-2)7-4-13)19(23-21(25)22-12)14-5-8-16-17(9-14)29-11-28-16/h3-9,19H,10-11H2,1-2H3,(H2,22,23,25)/t19-/m1/s1. The maximum absolute atomic E-state index is 12.9. The maximum Gasteiger partial charge on any atom is 0.338 e. The Bertz CT molecular complexity index is 983. The van der Waals surface area contributed by atoms with Crippen LogP contribution in [-0.4, -0.2) is 25.9 Å². The highest BCUT2D eigenvalue weighted by atomic mass is 16.7. The highest BCUT2D eigenvalue weighted by Crippen LogP contribution is 2.37. The molecule has 2 heterocycles. The first-order chi connectivity index (χ1) is 14.0. The van der Waals surface area contributed by atoms with Gasteiger partial charge in [0, 0.05) is 5.70 Å². The van der Waals surface area contributed by atoms with E-state index in [9.17, 15) is 9.59 Å². The zero-order valence-corrected chi connectivity index (χ0v) is 16.0. The predicted octanol–water partition coefficient (Wildman–Crippen LogP) is 2.80. The topological polar surface area (TPSA) is 95.1 Å². The smallest absolute Gasteiger partial charge is 0.338 e. The number of benzene rings is 2. The number of fused-ring (bicyclic) bond motifs is 1. The quantitative estimate of drug-likeness (QED) is 0.755. The van der Waals surface area contributed by atoms with E-state index in [4.69, 9.17) is 18.9 Å². The second kappa shape index (κ2) is 7.75. The lowest BCUT2D eigenvalue weighted by atomic mass is 9.95. The Hall–Kier alpha value is -3.68. The van der Waals surface area contributed by atoms with Gasteiger partial charge in [0.1, 0.15) is 12.4 Å². The zero-order chi connectivity index (χ0) is 20.4. The SMILES string of the molecule is COc1ccc(COC(=O)C2=C(C)NC(=O)N[C@@H]2c2ccc3c(c2)OCO3)cc1. The van der Waals surface area contributed by atoms with Gasteiger partial charge in [0.15, 0.2) is 11.5 Å². The lowest BCUT2D eigenvalue weighted by Crippen LogP contribution is -2.45. The number of hydrogen-bond donors (Lipinski definition) is 2. The summed E-state index contributed by atoms with van der Waals surface area (Å²) in [5.74, 6) is 1.39. The van der Waals surface area contributed by atoms with Crippen LogP contribution in [0, 0.1) is 0 Å². The lowest BCUT2D eigenvalue weighted by molar-refractivity contribution is -0.140. The number of amides is 2. The molecule has 0 unspecified atom stereocenters. The monoisotopic (exact) mass is 396 g/mol. The largest absolute Gasteiger partial charge is 0.497 e. The van der Waals surface area contributed by atoms with E-state index in [0.717, 1.165) is 11.3 Å². The van der Waals surface area contributed by atoms with Crippen LogP contribution in [0.4, 0.5) is 4.79 Å². The van der Waals surface area contributed by atoms with Gasteiger partial charge in [-0.3, -0.25) is 0 Å². The van der Waals surface area contributed by atoms with Crippen molar-refractivity contribution in [3.8, 4) is 17.2 Å². The Labute approximate surface area is 167 Å². The number of esters is 1. The highest BCUT2D eigenvalue weighted by Gasteiger charge is 2.33. The first-order valence-electron chi connectivity index (χ1n) is 9.03. The van der Waals surface area contributed by atoms with Gasteiger partial charge < -0.3 is 29.6 Å². The summed E-state index contributed by atoms with van der Waals surface area (Å²) in [7, 11) is 1.59. The Morgan fingerprint density at radius 1 is 1.14 bits per heavy atom. The van der Waals surface area contributed by atoms with E-state index in [0.29, 0.717) is 28.3 Å². The number of rotatable bonds is 5. The summed E-state index contributed by atoms with van der Waals surface area (Å²) in [4.78, 5) is 24.9. The number of hydrogen-bond acceptors (Lipinski definition) is 6. The summed E-state index contributed by atoms with van der Waals surface area (Å²) < 4.78 is 21.4. The van der Waals surface area contributed by atoms with E-state index >= 15 is 0 Å². The molecule has 2 amide bonds. The first-order valence-corrected chi connectivity index (χ1v) is 9.03. The van der Waals surface area contributed by atoms with Gasteiger partial charge >= 0.3 is 12.0 Å². The Balaban J connectivity index is 1.55. The molecule has 1 atom stereocenters. The van der Waals surface area contributed by atoms with Crippen molar-refractivity contribution in [2.45, 2.75) is 19.6 Å². The fourth-order valence-corrected chi connectivity index (χ4v) is 3.26. The molecule has 29 heavy (non-hydrogen) atoms. The minimum atomic E-state index is -0.665. The minimum Gasteiger partial charge on any atom is -0.497 e. The number of carbonyl (C=O) groups is 2. The molecule has 0 saturated carbocycles. The van der Waals surface area contributed by atoms with Crippen LogP contribution in [-0.2, 0) is 16.1 Å². The fraction of sp³-hybridized carbons (Fsp3) is 0.238.